The lowest BCUT2D eigenvalue weighted by molar-refractivity contribution is -0.135. The fraction of sp³-hybridized carbons (Fsp3) is 0.423. The van der Waals surface area contributed by atoms with Gasteiger partial charge in [0, 0.05) is 13.6 Å². The van der Waals surface area contributed by atoms with Crippen LogP contribution in [-0.4, -0.2) is 45.5 Å². The van der Waals surface area contributed by atoms with Crippen molar-refractivity contribution in [1.82, 2.24) is 15.5 Å². The van der Waals surface area contributed by atoms with Crippen LogP contribution in [0.15, 0.2) is 53.5 Å². The first kappa shape index (κ1) is 26.0. The summed E-state index contributed by atoms with van der Waals surface area (Å²) in [6.45, 7) is 2.33. The summed E-state index contributed by atoms with van der Waals surface area (Å²) < 4.78 is -0.717. The fourth-order valence-electron chi connectivity index (χ4n) is 4.11. The second-order valence-corrected chi connectivity index (χ2v) is 10.3. The lowest BCUT2D eigenvalue weighted by Gasteiger charge is -2.25. The summed E-state index contributed by atoms with van der Waals surface area (Å²) >= 11 is 1.80. The number of aliphatic imine (C=N–C) groups is 1. The largest absolute Gasteiger partial charge is 0.480 e. The van der Waals surface area contributed by atoms with E-state index in [1.165, 1.54) is 36.1 Å². The third-order valence-electron chi connectivity index (χ3n) is 6.06. The number of halogens is 1. The van der Waals surface area contributed by atoms with Gasteiger partial charge in [-0.25, -0.2) is 9.79 Å². The third kappa shape index (κ3) is 7.72. The number of aliphatic carboxylic acids is 1. The molecule has 0 aromatic heterocycles. The topological polar surface area (TPSA) is 94.0 Å². The van der Waals surface area contributed by atoms with Crippen molar-refractivity contribution in [3.63, 3.8) is 0 Å². The third-order valence-corrected chi connectivity index (χ3v) is 7.03. The van der Waals surface area contributed by atoms with E-state index in [-0.39, 0.29) is 6.54 Å². The predicted octanol–water partition coefficient (Wildman–Crippen LogP) is 5.03. The van der Waals surface area contributed by atoms with Gasteiger partial charge < -0.3 is 15.7 Å². The van der Waals surface area contributed by atoms with Crippen LogP contribution < -0.4 is 10.6 Å². The number of nitrogens with one attached hydrogen (secondary N) is 2. The zero-order valence-electron chi connectivity index (χ0n) is 19.8. The number of urea groups is 1. The molecule has 1 aliphatic carbocycles. The minimum Gasteiger partial charge on any atom is -0.480 e. The molecule has 0 bridgehead atoms. The number of aryl methyl sites for hydroxylation is 1. The summed E-state index contributed by atoms with van der Waals surface area (Å²) in [7, 11) is 1.72. The molecule has 34 heavy (non-hydrogen) atoms. The summed E-state index contributed by atoms with van der Waals surface area (Å²) in [6, 6.07) is 15.7. The zero-order valence-corrected chi connectivity index (χ0v) is 21.9. The SMILES string of the molecule is CN/C(=N\c1ccc(CC2CCCC2)cc1)N(Cc1ccc(C)cc1)C(=O)NC[C@H](I)C(=O)O. The highest BCUT2D eigenvalue weighted by Crippen LogP contribution is 2.28. The summed E-state index contributed by atoms with van der Waals surface area (Å²) in [5.41, 5.74) is 4.14. The summed E-state index contributed by atoms with van der Waals surface area (Å²) in [4.78, 5) is 30.4. The quantitative estimate of drug-likeness (QED) is 0.178. The molecule has 0 aliphatic heterocycles. The molecule has 1 atom stereocenters. The van der Waals surface area contributed by atoms with Crippen molar-refractivity contribution in [3.05, 3.63) is 65.2 Å². The van der Waals surface area contributed by atoms with Crippen LogP contribution in [0.2, 0.25) is 0 Å². The minimum atomic E-state index is -0.966. The molecular formula is C26H33IN4O3. The van der Waals surface area contributed by atoms with Crippen LogP contribution in [0.3, 0.4) is 0 Å². The molecule has 2 aromatic rings. The Labute approximate surface area is 215 Å². The number of carbonyl (C=O) groups is 2. The first-order chi connectivity index (χ1) is 16.4. The highest BCUT2D eigenvalue weighted by molar-refractivity contribution is 14.1. The summed E-state index contributed by atoms with van der Waals surface area (Å²) in [5, 5.41) is 14.9. The number of alkyl halides is 1. The molecule has 0 heterocycles. The van der Waals surface area contributed by atoms with Crippen molar-refractivity contribution in [2.75, 3.05) is 13.6 Å². The summed E-state index contributed by atoms with van der Waals surface area (Å²) in [5.74, 6) is 0.205. The van der Waals surface area contributed by atoms with E-state index in [0.717, 1.165) is 29.2 Å². The Morgan fingerprint density at radius 2 is 1.71 bits per heavy atom. The number of hydrogen-bond donors (Lipinski definition) is 3. The molecule has 0 saturated heterocycles. The molecule has 2 amide bonds. The molecule has 1 saturated carbocycles. The molecule has 0 unspecified atom stereocenters. The molecule has 3 rings (SSSR count). The Morgan fingerprint density at radius 3 is 2.29 bits per heavy atom. The van der Waals surface area contributed by atoms with Gasteiger partial charge in [0.05, 0.1) is 12.2 Å². The smallest absolute Gasteiger partial charge is 0.324 e. The normalized spacial score (nSPS) is 15.1. The molecule has 8 heteroatoms. The van der Waals surface area contributed by atoms with Gasteiger partial charge in [0.15, 0.2) is 0 Å². The number of rotatable bonds is 8. The van der Waals surface area contributed by atoms with E-state index in [1.54, 1.807) is 29.6 Å². The first-order valence-electron chi connectivity index (χ1n) is 11.7. The molecule has 3 N–H and O–H groups in total. The Bertz CT molecular complexity index is 986. The lowest BCUT2D eigenvalue weighted by atomic mass is 9.98. The zero-order chi connectivity index (χ0) is 24.5. The molecule has 2 aromatic carbocycles. The molecule has 0 spiro atoms. The predicted molar refractivity (Wildman–Crippen MR) is 144 cm³/mol. The van der Waals surface area contributed by atoms with Gasteiger partial charge in [0.2, 0.25) is 5.96 Å². The highest BCUT2D eigenvalue weighted by atomic mass is 127. The van der Waals surface area contributed by atoms with E-state index in [4.69, 9.17) is 10.1 Å². The van der Waals surface area contributed by atoms with Gasteiger partial charge in [-0.3, -0.25) is 9.69 Å². The van der Waals surface area contributed by atoms with E-state index < -0.39 is 15.9 Å². The maximum Gasteiger partial charge on any atom is 0.324 e. The minimum absolute atomic E-state index is 0.0198. The Kier molecular flexibility index (Phi) is 9.74. The number of carbonyl (C=O) groups excluding carboxylic acids is 1. The number of amides is 2. The number of carboxylic acid groups (broad SMARTS) is 1. The van der Waals surface area contributed by atoms with Crippen LogP contribution in [0.4, 0.5) is 10.5 Å². The van der Waals surface area contributed by atoms with Gasteiger partial charge in [0.25, 0.3) is 0 Å². The molecule has 1 aliphatic rings. The number of guanidine groups is 1. The fourth-order valence-corrected chi connectivity index (χ4v) is 4.33. The molecule has 0 radical (unpaired) electrons. The van der Waals surface area contributed by atoms with Gasteiger partial charge in [-0.05, 0) is 42.5 Å². The average molecular weight is 576 g/mol. The Hall–Kier alpha value is -2.62. The van der Waals surface area contributed by atoms with Crippen molar-refractivity contribution in [3.8, 4) is 0 Å². The Balaban J connectivity index is 1.79. The van der Waals surface area contributed by atoms with Crippen LogP contribution in [0.25, 0.3) is 0 Å². The Morgan fingerprint density at radius 1 is 1.09 bits per heavy atom. The van der Waals surface area contributed by atoms with Gasteiger partial charge in [-0.1, -0.05) is 90.2 Å². The monoisotopic (exact) mass is 576 g/mol. The van der Waals surface area contributed by atoms with Crippen molar-refractivity contribution in [1.29, 1.82) is 0 Å². The summed E-state index contributed by atoms with van der Waals surface area (Å²) in [6.07, 6.45) is 6.40. The maximum atomic E-state index is 13.1. The highest BCUT2D eigenvalue weighted by Gasteiger charge is 2.22. The second kappa shape index (κ2) is 12.7. The molecule has 7 nitrogen and oxygen atoms in total. The molecule has 1 fully saturated rings. The van der Waals surface area contributed by atoms with Crippen molar-refractivity contribution in [2.45, 2.75) is 49.5 Å². The van der Waals surface area contributed by atoms with Gasteiger partial charge in [-0.2, -0.15) is 0 Å². The van der Waals surface area contributed by atoms with E-state index in [2.05, 4.69) is 22.8 Å². The number of benzene rings is 2. The van der Waals surface area contributed by atoms with Crippen molar-refractivity contribution in [2.24, 2.45) is 10.9 Å². The van der Waals surface area contributed by atoms with Crippen LogP contribution in [0.1, 0.15) is 42.4 Å². The number of carboxylic acids is 1. The first-order valence-corrected chi connectivity index (χ1v) is 12.9. The van der Waals surface area contributed by atoms with E-state index >= 15 is 0 Å². The number of hydrogen-bond acceptors (Lipinski definition) is 3. The van der Waals surface area contributed by atoms with Gasteiger partial charge in [-0.15, -0.1) is 0 Å². The van der Waals surface area contributed by atoms with Crippen LogP contribution in [0, 0.1) is 12.8 Å². The van der Waals surface area contributed by atoms with Gasteiger partial charge >= 0.3 is 12.0 Å². The lowest BCUT2D eigenvalue weighted by Crippen LogP contribution is -2.49. The van der Waals surface area contributed by atoms with Crippen LogP contribution in [0.5, 0.6) is 0 Å². The second-order valence-electron chi connectivity index (χ2n) is 8.77. The number of nitrogens with zero attached hydrogens (tertiary/aromatic N) is 2. The average Bonchev–Trinajstić information content (AvgIpc) is 3.34. The van der Waals surface area contributed by atoms with E-state index in [1.807, 2.05) is 43.3 Å². The van der Waals surface area contributed by atoms with Crippen LogP contribution in [-0.2, 0) is 17.8 Å². The van der Waals surface area contributed by atoms with Crippen molar-refractivity contribution >= 4 is 46.2 Å². The van der Waals surface area contributed by atoms with Crippen molar-refractivity contribution < 1.29 is 14.7 Å². The van der Waals surface area contributed by atoms with Crippen LogP contribution >= 0.6 is 22.6 Å². The molecule has 182 valence electrons. The van der Waals surface area contributed by atoms with E-state index in [0.29, 0.717) is 12.5 Å². The van der Waals surface area contributed by atoms with E-state index in [9.17, 15) is 9.59 Å². The van der Waals surface area contributed by atoms with Gasteiger partial charge in [0.1, 0.15) is 3.92 Å². The molecular weight excluding hydrogens is 543 g/mol. The standard InChI is InChI=1S/C26H33IN4O3/c1-18-7-9-21(10-8-18)17-31(26(34)29-16-23(27)24(32)33)25(28-2)30-22-13-11-20(12-14-22)15-19-5-3-4-6-19/h7-14,19,23H,3-6,15-17H2,1-2H3,(H,28,30)(H,29,34)(H,32,33)/t23-/m0/s1. The maximum absolute atomic E-state index is 13.1.